The maximum Gasteiger partial charge on any atom is 0.171 e. The molecule has 3 aromatic carbocycles. The van der Waals surface area contributed by atoms with Gasteiger partial charge in [-0.1, -0.05) is 67.2 Å². The Hall–Kier alpha value is -4.03. The molecule has 0 fully saturated rings. The van der Waals surface area contributed by atoms with Gasteiger partial charge in [0.2, 0.25) is 0 Å². The van der Waals surface area contributed by atoms with Gasteiger partial charge in [0.1, 0.15) is 5.82 Å². The first kappa shape index (κ1) is 23.4. The Balaban J connectivity index is 1.20. The van der Waals surface area contributed by atoms with Gasteiger partial charge < -0.3 is 10.6 Å². The highest BCUT2D eigenvalue weighted by Gasteiger charge is 2.23. The van der Waals surface area contributed by atoms with E-state index in [1.165, 1.54) is 16.7 Å². The van der Waals surface area contributed by atoms with Crippen LogP contribution in [0.1, 0.15) is 22.3 Å². The molecule has 0 amide bonds. The van der Waals surface area contributed by atoms with Gasteiger partial charge in [0.05, 0.1) is 16.8 Å². The standard InChI is InChI=1S/C31H29N5S/c1-20-8-3-6-13-27(20)28-17-30(36-31(35-28)29(37)19-33-36)32-18-22-9-7-12-26(14-22)34-21(2)25-15-23-10-4-5-11-24(23)16-25/h3-14,17,19,25,32,34,37H,2,15-16,18H2,1H3. The van der Waals surface area contributed by atoms with Gasteiger partial charge in [0.25, 0.3) is 0 Å². The summed E-state index contributed by atoms with van der Waals surface area (Å²) in [6.45, 7) is 7.11. The van der Waals surface area contributed by atoms with Crippen molar-refractivity contribution in [3.8, 4) is 11.3 Å². The molecule has 5 nitrogen and oxygen atoms in total. The Morgan fingerprint density at radius 3 is 2.54 bits per heavy atom. The fourth-order valence-electron chi connectivity index (χ4n) is 5.12. The predicted octanol–water partition coefficient (Wildman–Crippen LogP) is 6.95. The van der Waals surface area contributed by atoms with Crippen molar-refractivity contribution < 1.29 is 0 Å². The van der Waals surface area contributed by atoms with Crippen molar-refractivity contribution in [1.29, 1.82) is 0 Å². The number of hydrogen-bond donors (Lipinski definition) is 3. The summed E-state index contributed by atoms with van der Waals surface area (Å²) in [6, 6.07) is 27.5. The molecule has 0 saturated heterocycles. The molecule has 5 aromatic rings. The topological polar surface area (TPSA) is 54.2 Å². The monoisotopic (exact) mass is 503 g/mol. The highest BCUT2D eigenvalue weighted by molar-refractivity contribution is 7.80. The molecule has 0 unspecified atom stereocenters. The van der Waals surface area contributed by atoms with Crippen molar-refractivity contribution in [2.75, 3.05) is 10.6 Å². The van der Waals surface area contributed by atoms with Gasteiger partial charge in [-0.15, -0.1) is 12.6 Å². The average molecular weight is 504 g/mol. The van der Waals surface area contributed by atoms with E-state index in [9.17, 15) is 0 Å². The number of rotatable bonds is 7. The minimum atomic E-state index is 0.416. The Labute approximate surface area is 222 Å². The first-order chi connectivity index (χ1) is 18.0. The summed E-state index contributed by atoms with van der Waals surface area (Å²) in [5.41, 5.74) is 10.1. The van der Waals surface area contributed by atoms with Crippen LogP contribution in [0.15, 0.2) is 102 Å². The predicted molar refractivity (Wildman–Crippen MR) is 154 cm³/mol. The number of thiol groups is 1. The van der Waals surface area contributed by atoms with Crippen LogP contribution < -0.4 is 10.6 Å². The third-order valence-electron chi connectivity index (χ3n) is 7.12. The van der Waals surface area contributed by atoms with Crippen LogP contribution in [-0.4, -0.2) is 14.6 Å². The van der Waals surface area contributed by atoms with Gasteiger partial charge in [0, 0.05) is 35.5 Å². The molecular weight excluding hydrogens is 474 g/mol. The third-order valence-corrected chi connectivity index (χ3v) is 7.44. The maximum absolute atomic E-state index is 4.85. The van der Waals surface area contributed by atoms with Crippen molar-refractivity contribution in [3.63, 3.8) is 0 Å². The lowest BCUT2D eigenvalue weighted by molar-refractivity contribution is 0.665. The Bertz CT molecular complexity index is 1590. The lowest BCUT2D eigenvalue weighted by Crippen LogP contribution is -2.11. The van der Waals surface area contributed by atoms with E-state index >= 15 is 0 Å². The van der Waals surface area contributed by atoms with Crippen molar-refractivity contribution in [1.82, 2.24) is 14.6 Å². The van der Waals surface area contributed by atoms with Gasteiger partial charge in [0.15, 0.2) is 5.65 Å². The molecule has 2 aromatic heterocycles. The summed E-state index contributed by atoms with van der Waals surface area (Å²) in [5.74, 6) is 1.29. The zero-order valence-corrected chi connectivity index (χ0v) is 21.7. The molecule has 0 saturated carbocycles. The van der Waals surface area contributed by atoms with E-state index < -0.39 is 0 Å². The van der Waals surface area contributed by atoms with Crippen LogP contribution in [0, 0.1) is 12.8 Å². The molecule has 0 radical (unpaired) electrons. The molecule has 1 aliphatic rings. The van der Waals surface area contributed by atoms with Crippen molar-refractivity contribution in [3.05, 3.63) is 120 Å². The van der Waals surface area contributed by atoms with E-state index in [1.54, 1.807) is 6.20 Å². The molecule has 0 bridgehead atoms. The Morgan fingerprint density at radius 2 is 1.76 bits per heavy atom. The largest absolute Gasteiger partial charge is 0.366 e. The normalized spacial score (nSPS) is 13.0. The third kappa shape index (κ3) is 4.72. The van der Waals surface area contributed by atoms with E-state index in [2.05, 4.69) is 109 Å². The second kappa shape index (κ2) is 9.79. The maximum atomic E-state index is 4.85. The Morgan fingerprint density at radius 1 is 1.00 bits per heavy atom. The number of benzene rings is 3. The quantitative estimate of drug-likeness (QED) is 0.211. The van der Waals surface area contributed by atoms with E-state index in [1.807, 2.05) is 16.6 Å². The molecular formula is C31H29N5S. The zero-order chi connectivity index (χ0) is 25.4. The second-order valence-electron chi connectivity index (χ2n) is 9.68. The van der Waals surface area contributed by atoms with Crippen LogP contribution in [-0.2, 0) is 19.4 Å². The summed E-state index contributed by atoms with van der Waals surface area (Å²) >= 11 is 4.58. The summed E-state index contributed by atoms with van der Waals surface area (Å²) in [5, 5.41) is 11.6. The van der Waals surface area contributed by atoms with Crippen molar-refractivity contribution >= 4 is 29.8 Å². The Kier molecular flexibility index (Phi) is 6.18. The van der Waals surface area contributed by atoms with Crippen LogP contribution in [0.25, 0.3) is 16.9 Å². The SMILES string of the molecule is C=C(Nc1cccc(CNc2cc(-c3ccccc3C)nc3c(S)cnn23)c1)C1Cc2ccccc2C1. The molecule has 6 rings (SSSR count). The van der Waals surface area contributed by atoms with Crippen LogP contribution in [0.3, 0.4) is 0 Å². The van der Waals surface area contributed by atoms with Crippen LogP contribution in [0.2, 0.25) is 0 Å². The summed E-state index contributed by atoms with van der Waals surface area (Å²) in [7, 11) is 0. The summed E-state index contributed by atoms with van der Waals surface area (Å²) < 4.78 is 1.81. The lowest BCUT2D eigenvalue weighted by atomic mass is 10.0. The molecule has 0 spiro atoms. The smallest absolute Gasteiger partial charge is 0.171 e. The lowest BCUT2D eigenvalue weighted by Gasteiger charge is -2.17. The first-order valence-corrected chi connectivity index (χ1v) is 13.0. The van der Waals surface area contributed by atoms with Crippen LogP contribution >= 0.6 is 12.6 Å². The van der Waals surface area contributed by atoms with Gasteiger partial charge in [-0.3, -0.25) is 0 Å². The number of nitrogens with one attached hydrogen (secondary N) is 2. The minimum absolute atomic E-state index is 0.416. The van der Waals surface area contributed by atoms with E-state index in [0.717, 1.165) is 57.4 Å². The molecule has 0 atom stereocenters. The van der Waals surface area contributed by atoms with Crippen molar-refractivity contribution in [2.24, 2.45) is 5.92 Å². The highest BCUT2D eigenvalue weighted by Crippen LogP contribution is 2.31. The summed E-state index contributed by atoms with van der Waals surface area (Å²) in [4.78, 5) is 5.59. The number of anilines is 2. The second-order valence-corrected chi connectivity index (χ2v) is 10.2. The first-order valence-electron chi connectivity index (χ1n) is 12.5. The minimum Gasteiger partial charge on any atom is -0.366 e. The zero-order valence-electron chi connectivity index (χ0n) is 20.8. The van der Waals surface area contributed by atoms with E-state index in [4.69, 9.17) is 4.98 Å². The van der Waals surface area contributed by atoms with Crippen molar-refractivity contribution in [2.45, 2.75) is 31.2 Å². The molecule has 184 valence electrons. The van der Waals surface area contributed by atoms with Gasteiger partial charge in [-0.2, -0.15) is 9.61 Å². The van der Waals surface area contributed by atoms with E-state index in [0.29, 0.717) is 12.5 Å². The molecule has 6 heteroatoms. The molecule has 2 heterocycles. The van der Waals surface area contributed by atoms with Gasteiger partial charge >= 0.3 is 0 Å². The molecule has 0 aliphatic heterocycles. The number of fused-ring (bicyclic) bond motifs is 2. The van der Waals surface area contributed by atoms with Gasteiger partial charge in [-0.05, 0) is 54.2 Å². The van der Waals surface area contributed by atoms with Crippen LogP contribution in [0.5, 0.6) is 0 Å². The number of hydrogen-bond acceptors (Lipinski definition) is 5. The number of aromatic nitrogens is 3. The fraction of sp³-hybridized carbons (Fsp3) is 0.161. The number of allylic oxidation sites excluding steroid dienone is 1. The summed E-state index contributed by atoms with van der Waals surface area (Å²) in [6.07, 6.45) is 3.82. The number of nitrogens with zero attached hydrogens (tertiary/aromatic N) is 3. The highest BCUT2D eigenvalue weighted by atomic mass is 32.1. The number of aryl methyl sites for hydroxylation is 1. The fourth-order valence-corrected chi connectivity index (χ4v) is 5.32. The van der Waals surface area contributed by atoms with Crippen LogP contribution in [0.4, 0.5) is 11.5 Å². The average Bonchev–Trinajstić information content (AvgIpc) is 3.52. The van der Waals surface area contributed by atoms with Gasteiger partial charge in [-0.25, -0.2) is 4.98 Å². The molecule has 2 N–H and O–H groups in total. The molecule has 1 aliphatic carbocycles. The molecule has 37 heavy (non-hydrogen) atoms. The van der Waals surface area contributed by atoms with E-state index in [-0.39, 0.29) is 0 Å².